The minimum Gasteiger partial charge on any atom is -0.478 e. The van der Waals surface area contributed by atoms with Crippen LogP contribution in [0, 0.1) is 0 Å². The Kier molecular flexibility index (Phi) is 6.48. The standard InChI is InChI=1S/C16H13N3O2.C2HF3O2/c20-16(21)13-5-3-4-12(10-13)11-19-9-8-18-15(19)14-6-1-2-7-17-14;3-2(4,5)1(6)7/h1-10H,11H2,(H,20,21);(H,6,7). The second-order valence-corrected chi connectivity index (χ2v) is 5.40. The van der Waals surface area contributed by atoms with E-state index in [1.807, 2.05) is 35.0 Å². The minimum absolute atomic E-state index is 0.284. The molecule has 146 valence electrons. The van der Waals surface area contributed by atoms with Crippen LogP contribution in [-0.2, 0) is 11.3 Å². The molecule has 2 aromatic heterocycles. The monoisotopic (exact) mass is 393 g/mol. The van der Waals surface area contributed by atoms with Crippen LogP contribution in [0.5, 0.6) is 0 Å². The van der Waals surface area contributed by atoms with Crippen LogP contribution in [0.25, 0.3) is 11.5 Å². The zero-order valence-corrected chi connectivity index (χ0v) is 14.2. The molecule has 2 heterocycles. The molecule has 1 aromatic carbocycles. The summed E-state index contributed by atoms with van der Waals surface area (Å²) in [5.41, 5.74) is 1.98. The van der Waals surface area contributed by atoms with Crippen LogP contribution in [0.15, 0.2) is 61.1 Å². The van der Waals surface area contributed by atoms with Crippen LogP contribution in [-0.4, -0.2) is 42.9 Å². The Hall–Kier alpha value is -3.69. The largest absolute Gasteiger partial charge is 0.490 e. The number of hydrogen-bond donors (Lipinski definition) is 2. The van der Waals surface area contributed by atoms with Crippen molar-refractivity contribution in [3.63, 3.8) is 0 Å². The molecule has 0 spiro atoms. The lowest BCUT2D eigenvalue weighted by Crippen LogP contribution is -2.21. The zero-order chi connectivity index (χ0) is 20.7. The number of carboxylic acids is 2. The van der Waals surface area contributed by atoms with Crippen molar-refractivity contribution in [2.75, 3.05) is 0 Å². The van der Waals surface area contributed by atoms with E-state index in [0.29, 0.717) is 6.54 Å². The third-order valence-electron chi connectivity index (χ3n) is 3.38. The fourth-order valence-corrected chi connectivity index (χ4v) is 2.16. The quantitative estimate of drug-likeness (QED) is 0.705. The first-order chi connectivity index (χ1) is 13.2. The highest BCUT2D eigenvalue weighted by atomic mass is 19.4. The van der Waals surface area contributed by atoms with Gasteiger partial charge in [0.1, 0.15) is 5.69 Å². The van der Waals surface area contributed by atoms with E-state index < -0.39 is 18.1 Å². The van der Waals surface area contributed by atoms with Crippen molar-refractivity contribution < 1.29 is 33.0 Å². The highest BCUT2D eigenvalue weighted by molar-refractivity contribution is 5.87. The molecule has 28 heavy (non-hydrogen) atoms. The van der Waals surface area contributed by atoms with Crippen LogP contribution < -0.4 is 0 Å². The molecule has 3 aromatic rings. The number of alkyl halides is 3. The lowest BCUT2D eigenvalue weighted by molar-refractivity contribution is -0.192. The van der Waals surface area contributed by atoms with E-state index in [1.54, 1.807) is 30.6 Å². The second kappa shape index (κ2) is 8.80. The van der Waals surface area contributed by atoms with Crippen molar-refractivity contribution in [3.05, 3.63) is 72.2 Å². The number of nitrogens with zero attached hydrogens (tertiary/aromatic N) is 3. The number of rotatable bonds is 4. The Labute approximate surface area is 156 Å². The van der Waals surface area contributed by atoms with Crippen molar-refractivity contribution in [2.24, 2.45) is 0 Å². The number of aromatic carboxylic acids is 1. The van der Waals surface area contributed by atoms with Crippen molar-refractivity contribution in [2.45, 2.75) is 12.7 Å². The molecule has 0 amide bonds. The third-order valence-corrected chi connectivity index (χ3v) is 3.38. The SMILES string of the molecule is O=C(O)C(F)(F)F.O=C(O)c1cccc(Cn2ccnc2-c2ccccn2)c1. The van der Waals surface area contributed by atoms with Gasteiger partial charge in [-0.05, 0) is 29.8 Å². The van der Waals surface area contributed by atoms with Crippen LogP contribution in [0.4, 0.5) is 13.2 Å². The molecule has 0 saturated heterocycles. The van der Waals surface area contributed by atoms with Gasteiger partial charge in [0.05, 0.1) is 5.56 Å². The Morgan fingerprint density at radius 3 is 2.29 bits per heavy atom. The summed E-state index contributed by atoms with van der Waals surface area (Å²) in [6.07, 6.45) is 0.210. The number of hydrogen-bond acceptors (Lipinski definition) is 4. The predicted molar refractivity (Wildman–Crippen MR) is 91.7 cm³/mol. The van der Waals surface area contributed by atoms with E-state index in [9.17, 15) is 18.0 Å². The van der Waals surface area contributed by atoms with Gasteiger partial charge in [-0.2, -0.15) is 13.2 Å². The van der Waals surface area contributed by atoms with E-state index in [2.05, 4.69) is 9.97 Å². The summed E-state index contributed by atoms with van der Waals surface area (Å²) in [4.78, 5) is 28.5. The summed E-state index contributed by atoms with van der Waals surface area (Å²) in [5, 5.41) is 16.2. The Morgan fingerprint density at radius 1 is 1.00 bits per heavy atom. The molecule has 0 fully saturated rings. The topological polar surface area (TPSA) is 105 Å². The van der Waals surface area contributed by atoms with Crippen molar-refractivity contribution in [1.29, 1.82) is 0 Å². The first-order valence-electron chi connectivity index (χ1n) is 7.73. The number of aliphatic carboxylic acids is 1. The fraction of sp³-hybridized carbons (Fsp3) is 0.111. The first kappa shape index (κ1) is 20.6. The minimum atomic E-state index is -5.08. The third kappa shape index (κ3) is 5.66. The van der Waals surface area contributed by atoms with Gasteiger partial charge in [0, 0.05) is 25.1 Å². The van der Waals surface area contributed by atoms with Crippen LogP contribution in [0.3, 0.4) is 0 Å². The Bertz CT molecular complexity index is 956. The van der Waals surface area contributed by atoms with E-state index in [1.165, 1.54) is 0 Å². The Balaban J connectivity index is 0.000000345. The number of imidazole rings is 1. The molecular weight excluding hydrogens is 379 g/mol. The van der Waals surface area contributed by atoms with Crippen LogP contribution in [0.2, 0.25) is 0 Å². The maximum Gasteiger partial charge on any atom is 0.490 e. The maximum absolute atomic E-state index is 11.0. The van der Waals surface area contributed by atoms with Gasteiger partial charge in [-0.1, -0.05) is 18.2 Å². The number of carboxylic acid groups (broad SMARTS) is 2. The number of benzene rings is 1. The molecule has 0 atom stereocenters. The molecule has 2 N–H and O–H groups in total. The van der Waals surface area contributed by atoms with Gasteiger partial charge in [0.25, 0.3) is 0 Å². The summed E-state index contributed by atoms with van der Waals surface area (Å²) >= 11 is 0. The molecule has 0 aliphatic rings. The average Bonchev–Trinajstić information content (AvgIpc) is 3.10. The van der Waals surface area contributed by atoms with Gasteiger partial charge in [-0.15, -0.1) is 0 Å². The number of aromatic nitrogens is 3. The van der Waals surface area contributed by atoms with E-state index >= 15 is 0 Å². The van der Waals surface area contributed by atoms with Gasteiger partial charge in [-0.3, -0.25) is 4.98 Å². The Morgan fingerprint density at radius 2 is 1.71 bits per heavy atom. The second-order valence-electron chi connectivity index (χ2n) is 5.40. The number of halogens is 3. The summed E-state index contributed by atoms with van der Waals surface area (Å²) in [6, 6.07) is 12.6. The summed E-state index contributed by atoms with van der Waals surface area (Å²) in [6.45, 7) is 0.549. The molecule has 0 unspecified atom stereocenters. The highest BCUT2D eigenvalue weighted by Gasteiger charge is 2.38. The van der Waals surface area contributed by atoms with Crippen molar-refractivity contribution in [1.82, 2.24) is 14.5 Å². The number of pyridine rings is 1. The van der Waals surface area contributed by atoms with E-state index in [-0.39, 0.29) is 5.56 Å². The summed E-state index contributed by atoms with van der Waals surface area (Å²) in [7, 11) is 0. The van der Waals surface area contributed by atoms with Gasteiger partial charge in [-0.25, -0.2) is 14.6 Å². The van der Waals surface area contributed by atoms with Crippen molar-refractivity contribution in [3.8, 4) is 11.5 Å². The molecule has 0 saturated carbocycles. The molecule has 3 rings (SSSR count). The molecule has 7 nitrogen and oxygen atoms in total. The van der Waals surface area contributed by atoms with Gasteiger partial charge in [0.2, 0.25) is 0 Å². The normalized spacial score (nSPS) is 10.7. The lowest BCUT2D eigenvalue weighted by Gasteiger charge is -2.08. The van der Waals surface area contributed by atoms with E-state index in [0.717, 1.165) is 17.1 Å². The summed E-state index contributed by atoms with van der Waals surface area (Å²) < 4.78 is 33.7. The molecule has 0 radical (unpaired) electrons. The van der Waals surface area contributed by atoms with Crippen LogP contribution >= 0.6 is 0 Å². The molecule has 10 heteroatoms. The van der Waals surface area contributed by atoms with E-state index in [4.69, 9.17) is 15.0 Å². The van der Waals surface area contributed by atoms with Gasteiger partial charge >= 0.3 is 18.1 Å². The first-order valence-corrected chi connectivity index (χ1v) is 7.73. The predicted octanol–water partition coefficient (Wildman–Crippen LogP) is 3.32. The van der Waals surface area contributed by atoms with Crippen molar-refractivity contribution >= 4 is 11.9 Å². The van der Waals surface area contributed by atoms with Crippen LogP contribution in [0.1, 0.15) is 15.9 Å². The van der Waals surface area contributed by atoms with Gasteiger partial charge in [0.15, 0.2) is 5.82 Å². The lowest BCUT2D eigenvalue weighted by atomic mass is 10.1. The maximum atomic E-state index is 11.0. The molecule has 0 aliphatic carbocycles. The van der Waals surface area contributed by atoms with Gasteiger partial charge < -0.3 is 14.8 Å². The fourth-order valence-electron chi connectivity index (χ4n) is 2.16. The molecule has 0 bridgehead atoms. The molecule has 0 aliphatic heterocycles. The highest BCUT2D eigenvalue weighted by Crippen LogP contribution is 2.16. The number of carbonyl (C=O) groups is 2. The smallest absolute Gasteiger partial charge is 0.478 e. The molecular formula is C18H14F3N3O4. The average molecular weight is 393 g/mol. The summed E-state index contributed by atoms with van der Waals surface area (Å²) in [5.74, 6) is -2.92. The zero-order valence-electron chi connectivity index (χ0n) is 14.2.